The summed E-state index contributed by atoms with van der Waals surface area (Å²) in [4.78, 5) is 29.2. The molecule has 48 heavy (non-hydrogen) atoms. The van der Waals surface area contributed by atoms with Crippen molar-refractivity contribution < 1.29 is 28.0 Å². The maximum Gasteiger partial charge on any atom is 0.327 e. The van der Waals surface area contributed by atoms with Crippen LogP contribution in [0.1, 0.15) is 66.9 Å². The van der Waals surface area contributed by atoms with Crippen molar-refractivity contribution in [2.24, 2.45) is 22.1 Å². The Morgan fingerprint density at radius 1 is 1.10 bits per heavy atom. The predicted octanol–water partition coefficient (Wildman–Crippen LogP) is 6.31. The summed E-state index contributed by atoms with van der Waals surface area (Å²) in [5.74, 6) is 0.623. The molecule has 0 radical (unpaired) electrons. The largest absolute Gasteiger partial charge is 0.491 e. The first kappa shape index (κ1) is 34.7. The van der Waals surface area contributed by atoms with Gasteiger partial charge in [-0.25, -0.2) is 9.00 Å². The molecule has 0 aromatic heterocycles. The van der Waals surface area contributed by atoms with Crippen LogP contribution in [0.25, 0.3) is 0 Å². The lowest BCUT2D eigenvalue weighted by molar-refractivity contribution is 0.0133. The van der Waals surface area contributed by atoms with E-state index in [1.165, 1.54) is 11.1 Å². The van der Waals surface area contributed by atoms with Crippen LogP contribution in [0.5, 0.6) is 5.75 Å². The Morgan fingerprint density at radius 3 is 2.75 bits per heavy atom. The molecule has 3 heterocycles. The third-order valence-electron chi connectivity index (χ3n) is 9.92. The van der Waals surface area contributed by atoms with Crippen molar-refractivity contribution in [3.8, 4) is 5.75 Å². The van der Waals surface area contributed by atoms with E-state index in [9.17, 15) is 13.8 Å². The van der Waals surface area contributed by atoms with Gasteiger partial charge >= 0.3 is 6.03 Å². The Labute approximate surface area is 289 Å². The second-order valence-electron chi connectivity index (χ2n) is 13.6. The average Bonchev–Trinajstić information content (AvgIpc) is 3.53. The van der Waals surface area contributed by atoms with Crippen molar-refractivity contribution in [2.45, 2.75) is 70.6 Å². The van der Waals surface area contributed by atoms with Gasteiger partial charge < -0.3 is 24.4 Å². The van der Waals surface area contributed by atoms with E-state index in [0.29, 0.717) is 61.8 Å². The Kier molecular flexibility index (Phi) is 11.3. The number of methoxy groups -OCH3 is 1. The number of carbonyl (C=O) groups is 2. The minimum absolute atomic E-state index is 0.0148. The first-order valence-corrected chi connectivity index (χ1v) is 19.2. The van der Waals surface area contributed by atoms with Gasteiger partial charge in [-0.2, -0.15) is 0 Å². The van der Waals surface area contributed by atoms with Crippen molar-refractivity contribution in [3.63, 3.8) is 0 Å². The number of fused-ring (bicyclic) bond motifs is 3. The summed E-state index contributed by atoms with van der Waals surface area (Å²) in [5, 5.41) is 3.53. The third kappa shape index (κ3) is 8.53. The van der Waals surface area contributed by atoms with Crippen LogP contribution < -0.4 is 19.7 Å². The monoisotopic (exact) mass is 698 g/mol. The zero-order valence-electron chi connectivity index (χ0n) is 27.8. The van der Waals surface area contributed by atoms with Gasteiger partial charge in [-0.3, -0.25) is 9.52 Å². The molecule has 260 valence electrons. The highest BCUT2D eigenvalue weighted by Crippen LogP contribution is 2.42. The summed E-state index contributed by atoms with van der Waals surface area (Å²) < 4.78 is 38.9. The van der Waals surface area contributed by atoms with Crippen LogP contribution >= 0.6 is 11.6 Å². The Bertz CT molecular complexity index is 1640. The van der Waals surface area contributed by atoms with Gasteiger partial charge in [-0.1, -0.05) is 36.7 Å². The molecule has 6 atom stereocenters. The molecular weight excluding hydrogens is 652 g/mol. The summed E-state index contributed by atoms with van der Waals surface area (Å²) in [6, 6.07) is 10.6. The van der Waals surface area contributed by atoms with Crippen LogP contribution in [0.3, 0.4) is 0 Å². The quantitative estimate of drug-likeness (QED) is 0.361. The summed E-state index contributed by atoms with van der Waals surface area (Å²) >= 11 is 6.45. The van der Waals surface area contributed by atoms with Gasteiger partial charge in [0.15, 0.2) is 0 Å². The van der Waals surface area contributed by atoms with Crippen molar-refractivity contribution in [2.75, 3.05) is 44.1 Å². The lowest BCUT2D eigenvalue weighted by Crippen LogP contribution is -2.46. The number of aryl methyl sites for hydroxylation is 1. The normalized spacial score (nSPS) is 30.3. The van der Waals surface area contributed by atoms with E-state index in [2.05, 4.69) is 43.6 Å². The number of benzene rings is 2. The van der Waals surface area contributed by atoms with Gasteiger partial charge in [0.2, 0.25) is 0 Å². The maximum absolute atomic E-state index is 14.3. The Morgan fingerprint density at radius 2 is 1.98 bits per heavy atom. The van der Waals surface area contributed by atoms with Gasteiger partial charge in [0.05, 0.1) is 36.8 Å². The van der Waals surface area contributed by atoms with Crippen molar-refractivity contribution in [3.05, 3.63) is 70.3 Å². The highest BCUT2D eigenvalue weighted by molar-refractivity contribution is 7.92. The number of amides is 3. The van der Waals surface area contributed by atoms with E-state index in [-0.39, 0.29) is 29.4 Å². The molecule has 2 aromatic carbocycles. The molecule has 10 nitrogen and oxygen atoms in total. The molecule has 3 amide bonds. The van der Waals surface area contributed by atoms with Crippen LogP contribution in [0.15, 0.2) is 52.9 Å². The summed E-state index contributed by atoms with van der Waals surface area (Å²) in [6.45, 7) is 4.77. The van der Waals surface area contributed by atoms with E-state index in [1.54, 1.807) is 19.2 Å². The number of nitrogens with one attached hydrogen (secondary N) is 2. The number of ether oxygens (including phenoxy) is 3. The molecule has 1 unspecified atom stereocenters. The molecule has 1 aliphatic carbocycles. The molecule has 2 N–H and O–H groups in total. The van der Waals surface area contributed by atoms with E-state index in [1.807, 2.05) is 19.1 Å². The molecule has 0 spiro atoms. The fraction of sp³-hybridized carbons (Fsp3) is 0.556. The van der Waals surface area contributed by atoms with Crippen LogP contribution in [0.4, 0.5) is 10.5 Å². The molecule has 2 fully saturated rings. The van der Waals surface area contributed by atoms with E-state index >= 15 is 0 Å². The third-order valence-corrected chi connectivity index (χ3v) is 12.1. The van der Waals surface area contributed by atoms with Crippen molar-refractivity contribution in [1.29, 1.82) is 0 Å². The summed E-state index contributed by atoms with van der Waals surface area (Å²) in [5.41, 5.74) is 3.47. The average molecular weight is 699 g/mol. The van der Waals surface area contributed by atoms with Gasteiger partial charge in [-0.05, 0) is 104 Å². The molecule has 2 aromatic rings. The van der Waals surface area contributed by atoms with Crippen LogP contribution in [0.2, 0.25) is 5.02 Å². The van der Waals surface area contributed by atoms with Crippen LogP contribution in [-0.4, -0.2) is 67.5 Å². The lowest BCUT2D eigenvalue weighted by Gasteiger charge is -2.43. The number of nitrogens with zero attached hydrogens (tertiary/aromatic N) is 2. The minimum Gasteiger partial charge on any atom is -0.491 e. The molecule has 12 heteroatoms. The fourth-order valence-corrected chi connectivity index (χ4v) is 9.21. The van der Waals surface area contributed by atoms with Gasteiger partial charge in [0.25, 0.3) is 5.91 Å². The number of hydrogen-bond donors (Lipinski definition) is 2. The van der Waals surface area contributed by atoms with Crippen LogP contribution in [0, 0.1) is 17.8 Å². The molecule has 1 saturated carbocycles. The number of urea groups is 1. The number of rotatable bonds is 3. The zero-order valence-corrected chi connectivity index (χ0v) is 29.4. The number of carbonyl (C=O) groups excluding carboxylic acids is 2. The SMILES string of the molecule is CO[C@H]1/C=C/C[C@H](C)CS(=O)(NC(=O)N[C@H]2CCOC2)=NC(=O)c2ccc3c(c2)N(Cc2ccc(Cl)cc2CCCCO3)C[C@@H]2CC[C@H]21. The van der Waals surface area contributed by atoms with Gasteiger partial charge in [0.1, 0.15) is 15.7 Å². The Hall–Kier alpha value is -3.12. The van der Waals surface area contributed by atoms with E-state index in [0.717, 1.165) is 44.3 Å². The predicted molar refractivity (Wildman–Crippen MR) is 188 cm³/mol. The lowest BCUT2D eigenvalue weighted by atomic mass is 9.70. The number of anilines is 1. The molecule has 1 saturated heterocycles. The minimum atomic E-state index is -3.49. The second kappa shape index (κ2) is 15.6. The number of allylic oxidation sites excluding steroid dienone is 1. The van der Waals surface area contributed by atoms with Crippen molar-refractivity contribution in [1.82, 2.24) is 10.0 Å². The summed E-state index contributed by atoms with van der Waals surface area (Å²) in [7, 11) is -1.74. The first-order valence-electron chi connectivity index (χ1n) is 17.1. The van der Waals surface area contributed by atoms with Crippen LogP contribution in [-0.2, 0) is 32.4 Å². The molecule has 6 rings (SSSR count). The number of hydrogen-bond acceptors (Lipinski definition) is 7. The molecule has 4 aliphatic rings. The fourth-order valence-electron chi connectivity index (χ4n) is 7.18. The zero-order chi connectivity index (χ0) is 33.7. The highest BCUT2D eigenvalue weighted by atomic mass is 35.5. The topological polar surface area (TPSA) is 119 Å². The maximum atomic E-state index is 14.3. The molecule has 3 aliphatic heterocycles. The second-order valence-corrected chi connectivity index (χ2v) is 16.0. The smallest absolute Gasteiger partial charge is 0.327 e. The molecular formula is C36H47ClN4O6S. The van der Waals surface area contributed by atoms with E-state index in [4.69, 9.17) is 25.8 Å². The van der Waals surface area contributed by atoms with Gasteiger partial charge in [0, 0.05) is 37.4 Å². The Balaban J connectivity index is 1.42. The van der Waals surface area contributed by atoms with E-state index < -0.39 is 21.9 Å². The standard InChI is InChI=1S/C36H47ClN4O6S/c1-24-6-5-8-33(45-2)31-13-10-28(31)21-41-20-27-9-12-29(37)18-25(27)7-3-4-16-47-34-14-11-26(19-32(34)41)35(42)39-48(44,23-24)40-36(43)38-30-15-17-46-22-30/h5,8-9,11-12,14,18-19,24,28,30-31,33H,3-4,6-7,10,13,15-17,20-23H2,1-2H3,(H2,38,39,40,42,43,44)/b8-5+/t24-,28-,30-,31+,33-,48?/m0/s1. The first-order chi connectivity index (χ1) is 23.2. The summed E-state index contributed by atoms with van der Waals surface area (Å²) in [6.07, 6.45) is 10.3. The van der Waals surface area contributed by atoms with Crippen molar-refractivity contribution >= 4 is 39.1 Å². The highest BCUT2D eigenvalue weighted by Gasteiger charge is 2.38. The van der Waals surface area contributed by atoms with Gasteiger partial charge in [-0.15, -0.1) is 4.36 Å². The number of halogens is 1. The molecule has 2 bridgehead atoms.